The molecular weight excluding hydrogens is 236 g/mol. The van der Waals surface area contributed by atoms with Gasteiger partial charge in [0.2, 0.25) is 5.91 Å². The average Bonchev–Trinajstić information content (AvgIpc) is 2.38. The number of carbonyl (C=O) groups is 1. The van der Waals surface area contributed by atoms with Crippen molar-refractivity contribution in [1.29, 1.82) is 0 Å². The van der Waals surface area contributed by atoms with Crippen LogP contribution in [0.5, 0.6) is 0 Å². The van der Waals surface area contributed by atoms with E-state index in [1.807, 2.05) is 44.2 Å². The Morgan fingerprint density at radius 3 is 2.58 bits per heavy atom. The molecule has 100 valence electrons. The van der Waals surface area contributed by atoms with Gasteiger partial charge in [-0.1, -0.05) is 42.5 Å². The standard InChI is InChI=1S/C16H20N2O/c1-16(2,11-17)18-15(19)10-13-8-5-7-12-6-3-4-9-14(12)13/h3-9H,10-11,17H2,1-2H3,(H,18,19). The van der Waals surface area contributed by atoms with E-state index in [0.29, 0.717) is 13.0 Å². The molecule has 0 aliphatic rings. The Hall–Kier alpha value is -1.87. The molecule has 2 aromatic carbocycles. The van der Waals surface area contributed by atoms with Gasteiger partial charge in [-0.25, -0.2) is 0 Å². The van der Waals surface area contributed by atoms with Gasteiger partial charge in [-0.2, -0.15) is 0 Å². The highest BCUT2D eigenvalue weighted by atomic mass is 16.1. The number of fused-ring (bicyclic) bond motifs is 1. The Bertz CT molecular complexity index is 585. The third-order valence-corrected chi connectivity index (χ3v) is 3.22. The molecule has 0 aromatic heterocycles. The quantitative estimate of drug-likeness (QED) is 0.881. The first-order valence-electron chi connectivity index (χ1n) is 6.49. The van der Waals surface area contributed by atoms with Crippen LogP contribution in [0.25, 0.3) is 10.8 Å². The second kappa shape index (κ2) is 5.41. The highest BCUT2D eigenvalue weighted by Gasteiger charge is 2.18. The van der Waals surface area contributed by atoms with Crippen LogP contribution in [0.15, 0.2) is 42.5 Å². The van der Waals surface area contributed by atoms with Gasteiger partial charge in [-0.3, -0.25) is 4.79 Å². The molecule has 1 amide bonds. The molecule has 0 radical (unpaired) electrons. The van der Waals surface area contributed by atoms with Crippen molar-refractivity contribution in [3.8, 4) is 0 Å². The number of nitrogens with two attached hydrogens (primary N) is 1. The van der Waals surface area contributed by atoms with Crippen LogP contribution in [0.2, 0.25) is 0 Å². The summed E-state index contributed by atoms with van der Waals surface area (Å²) >= 11 is 0. The Kier molecular flexibility index (Phi) is 3.86. The lowest BCUT2D eigenvalue weighted by Gasteiger charge is -2.24. The fourth-order valence-corrected chi connectivity index (χ4v) is 2.09. The predicted octanol–water partition coefficient (Wildman–Crippen LogP) is 2.24. The third-order valence-electron chi connectivity index (χ3n) is 3.22. The van der Waals surface area contributed by atoms with Crippen LogP contribution in [0.4, 0.5) is 0 Å². The van der Waals surface area contributed by atoms with E-state index in [-0.39, 0.29) is 11.4 Å². The van der Waals surface area contributed by atoms with Gasteiger partial charge < -0.3 is 11.1 Å². The van der Waals surface area contributed by atoms with Gasteiger partial charge in [0.1, 0.15) is 0 Å². The molecule has 2 rings (SSSR count). The maximum absolute atomic E-state index is 12.1. The molecule has 0 saturated carbocycles. The zero-order valence-electron chi connectivity index (χ0n) is 11.4. The highest BCUT2D eigenvalue weighted by molar-refractivity contribution is 5.90. The summed E-state index contributed by atoms with van der Waals surface area (Å²) in [5.74, 6) is 0.00630. The van der Waals surface area contributed by atoms with Crippen molar-refractivity contribution in [3.05, 3.63) is 48.0 Å². The van der Waals surface area contributed by atoms with Gasteiger partial charge in [0.15, 0.2) is 0 Å². The van der Waals surface area contributed by atoms with Gasteiger partial charge in [-0.15, -0.1) is 0 Å². The maximum Gasteiger partial charge on any atom is 0.224 e. The van der Waals surface area contributed by atoms with Crippen molar-refractivity contribution in [1.82, 2.24) is 5.32 Å². The number of nitrogens with one attached hydrogen (secondary N) is 1. The molecule has 3 N–H and O–H groups in total. The van der Waals surface area contributed by atoms with Gasteiger partial charge in [0.25, 0.3) is 0 Å². The summed E-state index contributed by atoms with van der Waals surface area (Å²) in [5.41, 5.74) is 6.31. The second-order valence-electron chi connectivity index (χ2n) is 5.45. The number of hydrogen-bond donors (Lipinski definition) is 2. The summed E-state index contributed by atoms with van der Waals surface area (Å²) in [4.78, 5) is 12.1. The molecular formula is C16H20N2O. The first kappa shape index (κ1) is 13.6. The summed E-state index contributed by atoms with van der Waals surface area (Å²) in [7, 11) is 0. The lowest BCUT2D eigenvalue weighted by Crippen LogP contribution is -2.49. The van der Waals surface area contributed by atoms with Crippen LogP contribution >= 0.6 is 0 Å². The van der Waals surface area contributed by atoms with Crippen LogP contribution in [0.1, 0.15) is 19.4 Å². The van der Waals surface area contributed by atoms with Crippen LogP contribution < -0.4 is 11.1 Å². The SMILES string of the molecule is CC(C)(CN)NC(=O)Cc1cccc2ccccc12. The van der Waals surface area contributed by atoms with Crippen molar-refractivity contribution >= 4 is 16.7 Å². The van der Waals surface area contributed by atoms with E-state index in [4.69, 9.17) is 5.73 Å². The van der Waals surface area contributed by atoms with E-state index in [0.717, 1.165) is 16.3 Å². The molecule has 0 aliphatic heterocycles. The number of benzene rings is 2. The van der Waals surface area contributed by atoms with Crippen LogP contribution in [-0.4, -0.2) is 18.0 Å². The highest BCUT2D eigenvalue weighted by Crippen LogP contribution is 2.19. The number of rotatable bonds is 4. The monoisotopic (exact) mass is 256 g/mol. The van der Waals surface area contributed by atoms with Gasteiger partial charge in [-0.05, 0) is 30.2 Å². The molecule has 19 heavy (non-hydrogen) atoms. The maximum atomic E-state index is 12.1. The van der Waals surface area contributed by atoms with Crippen LogP contribution in [-0.2, 0) is 11.2 Å². The molecule has 0 saturated heterocycles. The van der Waals surface area contributed by atoms with Gasteiger partial charge in [0.05, 0.1) is 6.42 Å². The fourth-order valence-electron chi connectivity index (χ4n) is 2.09. The van der Waals surface area contributed by atoms with Gasteiger partial charge >= 0.3 is 0 Å². The Morgan fingerprint density at radius 1 is 1.16 bits per heavy atom. The molecule has 0 spiro atoms. The lowest BCUT2D eigenvalue weighted by molar-refractivity contribution is -0.121. The van der Waals surface area contributed by atoms with E-state index in [2.05, 4.69) is 17.4 Å². The molecule has 0 unspecified atom stereocenters. The largest absolute Gasteiger partial charge is 0.350 e. The zero-order valence-corrected chi connectivity index (χ0v) is 11.4. The summed E-state index contributed by atoms with van der Waals surface area (Å²) in [6.07, 6.45) is 0.380. The Balaban J connectivity index is 2.20. The van der Waals surface area contributed by atoms with Crippen LogP contribution in [0, 0.1) is 0 Å². The van der Waals surface area contributed by atoms with Crippen molar-refractivity contribution in [2.45, 2.75) is 25.8 Å². The van der Waals surface area contributed by atoms with E-state index < -0.39 is 0 Å². The topological polar surface area (TPSA) is 55.1 Å². The van der Waals surface area contributed by atoms with E-state index >= 15 is 0 Å². The molecule has 0 bridgehead atoms. The first-order chi connectivity index (χ1) is 9.02. The Labute approximate surface area is 113 Å². The second-order valence-corrected chi connectivity index (χ2v) is 5.45. The zero-order chi connectivity index (χ0) is 13.9. The molecule has 3 heteroatoms. The van der Waals surface area contributed by atoms with Crippen molar-refractivity contribution in [2.24, 2.45) is 5.73 Å². The summed E-state index contributed by atoms with van der Waals surface area (Å²) in [6.45, 7) is 4.27. The van der Waals surface area contributed by atoms with Crippen LogP contribution in [0.3, 0.4) is 0 Å². The Morgan fingerprint density at radius 2 is 1.84 bits per heavy atom. The molecule has 0 fully saturated rings. The van der Waals surface area contributed by atoms with E-state index in [1.54, 1.807) is 0 Å². The van der Waals surface area contributed by atoms with E-state index in [1.165, 1.54) is 0 Å². The minimum Gasteiger partial charge on any atom is -0.350 e. The predicted molar refractivity (Wildman–Crippen MR) is 78.9 cm³/mol. The molecule has 0 heterocycles. The smallest absolute Gasteiger partial charge is 0.224 e. The minimum atomic E-state index is -0.359. The molecule has 3 nitrogen and oxygen atoms in total. The van der Waals surface area contributed by atoms with E-state index in [9.17, 15) is 4.79 Å². The van der Waals surface area contributed by atoms with Crippen molar-refractivity contribution < 1.29 is 4.79 Å². The number of hydrogen-bond acceptors (Lipinski definition) is 2. The fraction of sp³-hybridized carbons (Fsp3) is 0.312. The summed E-state index contributed by atoms with van der Waals surface area (Å²) in [6, 6.07) is 14.1. The average molecular weight is 256 g/mol. The van der Waals surface area contributed by atoms with Crippen molar-refractivity contribution in [3.63, 3.8) is 0 Å². The third kappa shape index (κ3) is 3.32. The number of carbonyl (C=O) groups excluding carboxylic acids is 1. The minimum absolute atomic E-state index is 0.00630. The first-order valence-corrected chi connectivity index (χ1v) is 6.49. The normalized spacial score (nSPS) is 11.5. The summed E-state index contributed by atoms with van der Waals surface area (Å²) < 4.78 is 0. The molecule has 0 aliphatic carbocycles. The molecule has 2 aromatic rings. The summed E-state index contributed by atoms with van der Waals surface area (Å²) in [5, 5.41) is 5.24. The van der Waals surface area contributed by atoms with Gasteiger partial charge in [0, 0.05) is 12.1 Å². The number of amides is 1. The lowest BCUT2D eigenvalue weighted by atomic mass is 10.0. The molecule has 0 atom stereocenters. The van der Waals surface area contributed by atoms with Crippen molar-refractivity contribution in [2.75, 3.05) is 6.54 Å².